The molecule has 0 spiro atoms. The molecule has 1 atom stereocenters. The molecule has 0 aromatic carbocycles. The summed E-state index contributed by atoms with van der Waals surface area (Å²) in [6, 6.07) is 0. The van der Waals surface area contributed by atoms with Gasteiger partial charge in [-0.2, -0.15) is 0 Å². The minimum absolute atomic E-state index is 0.717. The molecule has 1 unspecified atom stereocenters. The summed E-state index contributed by atoms with van der Waals surface area (Å²) in [4.78, 5) is 0. The standard InChI is InChI=1S/C13H26O2/c1-9-15-13(6,7)11(3)10(2)12(4,5)14-8/h9H2,1-8H3/b11-10-/i1D3,8D2,9D. The molecule has 0 bridgehead atoms. The second-order valence-electron chi connectivity index (χ2n) is 4.62. The van der Waals surface area contributed by atoms with E-state index < -0.39 is 31.7 Å². The zero-order chi connectivity index (χ0) is 17.2. The van der Waals surface area contributed by atoms with Crippen LogP contribution in [0.5, 0.6) is 0 Å². The van der Waals surface area contributed by atoms with Crippen molar-refractivity contribution >= 4 is 0 Å². The first-order valence-corrected chi connectivity index (χ1v) is 4.92. The first kappa shape index (κ1) is 7.08. The number of hydrogen-bond acceptors (Lipinski definition) is 2. The van der Waals surface area contributed by atoms with Crippen LogP contribution in [0.4, 0.5) is 0 Å². The summed E-state index contributed by atoms with van der Waals surface area (Å²) >= 11 is 0. The van der Waals surface area contributed by atoms with Crippen LogP contribution in [0, 0.1) is 0 Å². The monoisotopic (exact) mass is 220 g/mol. The number of ether oxygens (including phenoxy) is 2. The predicted octanol–water partition coefficient (Wildman–Crippen LogP) is 3.56. The zero-order valence-electron chi connectivity index (χ0n) is 16.5. The van der Waals surface area contributed by atoms with Crippen molar-refractivity contribution in [3.05, 3.63) is 11.1 Å². The SMILES string of the molecule is [2H]C([2H])OC(C)(C)/C(C)=C(/C)C(C)(C)OC([2H])C([2H])([2H])[2H]. The maximum atomic E-state index is 7.58. The third-order valence-electron chi connectivity index (χ3n) is 3.02. The van der Waals surface area contributed by atoms with Crippen molar-refractivity contribution in [1.82, 2.24) is 0 Å². The van der Waals surface area contributed by atoms with Crippen molar-refractivity contribution < 1.29 is 17.7 Å². The lowest BCUT2D eigenvalue weighted by molar-refractivity contribution is 0.0110. The molecule has 2 heteroatoms. The molecule has 90 valence electrons. The first-order valence-electron chi connectivity index (χ1n) is 8.15. The van der Waals surface area contributed by atoms with Gasteiger partial charge in [0.25, 0.3) is 0 Å². The van der Waals surface area contributed by atoms with Crippen molar-refractivity contribution in [1.29, 1.82) is 0 Å². The summed E-state index contributed by atoms with van der Waals surface area (Å²) in [6.45, 7) is 6.26. The molecule has 0 amide bonds. The Hall–Kier alpha value is -0.340. The first-order chi connectivity index (χ1) is 9.11. The van der Waals surface area contributed by atoms with Crippen molar-refractivity contribution in [3.63, 3.8) is 0 Å². The lowest BCUT2D eigenvalue weighted by atomic mass is 9.87. The van der Waals surface area contributed by atoms with Gasteiger partial charge >= 0.3 is 0 Å². The van der Waals surface area contributed by atoms with Crippen LogP contribution < -0.4 is 0 Å². The molecule has 0 N–H and O–H groups in total. The van der Waals surface area contributed by atoms with Crippen LogP contribution >= 0.6 is 0 Å². The van der Waals surface area contributed by atoms with Gasteiger partial charge in [0.2, 0.25) is 0 Å². The zero-order valence-corrected chi connectivity index (χ0v) is 10.5. The Morgan fingerprint density at radius 3 is 2.13 bits per heavy atom. The van der Waals surface area contributed by atoms with Crippen molar-refractivity contribution in [2.75, 3.05) is 13.6 Å². The van der Waals surface area contributed by atoms with E-state index in [0.29, 0.717) is 0 Å². The van der Waals surface area contributed by atoms with E-state index in [1.807, 2.05) is 0 Å². The second kappa shape index (κ2) is 5.13. The van der Waals surface area contributed by atoms with Crippen molar-refractivity contribution in [2.45, 2.75) is 59.6 Å². The van der Waals surface area contributed by atoms with E-state index >= 15 is 0 Å². The minimum atomic E-state index is -2.51. The molecule has 0 aliphatic rings. The molecule has 0 saturated carbocycles. The summed E-state index contributed by atoms with van der Waals surface area (Å²) in [5.41, 5.74) is -0.356. The van der Waals surface area contributed by atoms with Gasteiger partial charge in [-0.05, 0) is 59.5 Å². The molecule has 0 radical (unpaired) electrons. The maximum absolute atomic E-state index is 7.58. The van der Waals surface area contributed by atoms with Gasteiger partial charge in [-0.25, -0.2) is 0 Å². The van der Waals surface area contributed by atoms with E-state index in [9.17, 15) is 0 Å². The topological polar surface area (TPSA) is 18.5 Å². The summed E-state index contributed by atoms with van der Waals surface area (Å²) < 4.78 is 54.3. The van der Waals surface area contributed by atoms with Gasteiger partial charge in [-0.1, -0.05) is 0 Å². The maximum Gasteiger partial charge on any atom is 0.0836 e. The molecule has 0 aromatic rings. The Bertz CT molecular complexity index is 385. The molecular formula is C13H26O2. The number of rotatable bonds is 5. The fourth-order valence-corrected chi connectivity index (χ4v) is 1.23. The highest BCUT2D eigenvalue weighted by Gasteiger charge is 2.28. The van der Waals surface area contributed by atoms with Crippen LogP contribution in [0.1, 0.15) is 56.6 Å². The van der Waals surface area contributed by atoms with Gasteiger partial charge < -0.3 is 9.47 Å². The minimum Gasteiger partial charge on any atom is -0.374 e. The van der Waals surface area contributed by atoms with Crippen LogP contribution in [0.3, 0.4) is 0 Å². The molecule has 0 fully saturated rings. The molecule has 0 aliphatic heterocycles. The Balaban J connectivity index is 5.35. The van der Waals surface area contributed by atoms with Gasteiger partial charge in [0, 0.05) is 17.8 Å². The molecule has 15 heavy (non-hydrogen) atoms. The van der Waals surface area contributed by atoms with Crippen LogP contribution in [-0.2, 0) is 9.47 Å². The van der Waals surface area contributed by atoms with Crippen LogP contribution in [0.25, 0.3) is 0 Å². The Labute approximate surface area is 103 Å². The largest absolute Gasteiger partial charge is 0.374 e. The third-order valence-corrected chi connectivity index (χ3v) is 3.02. The molecule has 0 aromatic heterocycles. The quantitative estimate of drug-likeness (QED) is 0.660. The van der Waals surface area contributed by atoms with E-state index in [4.69, 9.17) is 17.7 Å². The molecule has 0 rings (SSSR count). The predicted molar refractivity (Wildman–Crippen MR) is 65.2 cm³/mol. The van der Waals surface area contributed by atoms with Gasteiger partial charge in [0.05, 0.1) is 15.3 Å². The van der Waals surface area contributed by atoms with E-state index in [0.717, 1.165) is 11.1 Å². The second-order valence-corrected chi connectivity index (χ2v) is 4.62. The van der Waals surface area contributed by atoms with E-state index in [1.165, 1.54) is 0 Å². The van der Waals surface area contributed by atoms with Gasteiger partial charge in [0.15, 0.2) is 0 Å². The summed E-state index contributed by atoms with van der Waals surface area (Å²) in [5.74, 6) is 0. The average molecular weight is 220 g/mol. The lowest BCUT2D eigenvalue weighted by Crippen LogP contribution is -2.32. The highest BCUT2D eigenvalue weighted by Crippen LogP contribution is 2.30. The fraction of sp³-hybridized carbons (Fsp3) is 0.846. The summed E-state index contributed by atoms with van der Waals surface area (Å²) in [6.07, 6.45) is 0. The smallest absolute Gasteiger partial charge is 0.0836 e. The van der Waals surface area contributed by atoms with E-state index in [-0.39, 0.29) is 0 Å². The van der Waals surface area contributed by atoms with Crippen LogP contribution in [0.15, 0.2) is 11.1 Å². The molecule has 2 nitrogen and oxygen atoms in total. The van der Waals surface area contributed by atoms with Crippen LogP contribution in [-0.4, -0.2) is 24.8 Å². The summed E-state index contributed by atoms with van der Waals surface area (Å²) in [7, 11) is -1.42. The lowest BCUT2D eigenvalue weighted by Gasteiger charge is -2.33. The number of methoxy groups -OCH3 is 1. The van der Waals surface area contributed by atoms with E-state index in [1.54, 1.807) is 41.5 Å². The average Bonchev–Trinajstić information content (AvgIpc) is 2.23. The highest BCUT2D eigenvalue weighted by molar-refractivity contribution is 5.25. The Morgan fingerprint density at radius 1 is 1.13 bits per heavy atom. The fourth-order valence-electron chi connectivity index (χ4n) is 1.23. The molecule has 0 aliphatic carbocycles. The molecular weight excluding hydrogens is 188 g/mol. The Morgan fingerprint density at radius 2 is 1.67 bits per heavy atom. The molecule has 0 saturated heterocycles. The molecule has 0 heterocycles. The van der Waals surface area contributed by atoms with Crippen LogP contribution in [0.2, 0.25) is 0 Å². The van der Waals surface area contributed by atoms with Gasteiger partial charge in [-0.3, -0.25) is 0 Å². The normalized spacial score (nSPS) is 24.2. The Kier molecular flexibility index (Phi) is 2.42. The number of hydrogen-bond donors (Lipinski definition) is 0. The van der Waals surface area contributed by atoms with Crippen molar-refractivity contribution in [2.24, 2.45) is 0 Å². The van der Waals surface area contributed by atoms with Gasteiger partial charge in [-0.15, -0.1) is 0 Å². The summed E-state index contributed by atoms with van der Waals surface area (Å²) in [5, 5.41) is 0. The van der Waals surface area contributed by atoms with Crippen molar-refractivity contribution in [3.8, 4) is 0 Å². The van der Waals surface area contributed by atoms with E-state index in [2.05, 4.69) is 0 Å². The highest BCUT2D eigenvalue weighted by atomic mass is 16.5. The van der Waals surface area contributed by atoms with Gasteiger partial charge in [0.1, 0.15) is 0 Å². The third kappa shape index (κ3) is 3.62.